The van der Waals surface area contributed by atoms with Gasteiger partial charge in [0.15, 0.2) is 5.82 Å². The molecule has 3 nitrogen and oxygen atoms in total. The Morgan fingerprint density at radius 2 is 0.980 bits per heavy atom. The van der Waals surface area contributed by atoms with Crippen molar-refractivity contribution in [2.24, 2.45) is 0 Å². The average molecular weight is 657 g/mol. The molecule has 0 saturated heterocycles. The third kappa shape index (κ3) is 4.80. The van der Waals surface area contributed by atoms with E-state index in [1.807, 2.05) is 35.6 Å². The van der Waals surface area contributed by atoms with Crippen LogP contribution in [0.1, 0.15) is 0 Å². The van der Waals surface area contributed by atoms with Crippen LogP contribution in [0.5, 0.6) is 0 Å². The van der Waals surface area contributed by atoms with Crippen molar-refractivity contribution in [1.29, 1.82) is 0 Å². The topological polar surface area (TPSA) is 38.9 Å². The number of rotatable bonds is 5. The van der Waals surface area contributed by atoms with Crippen molar-refractivity contribution in [3.63, 3.8) is 0 Å². The number of para-hydroxylation sites is 1. The molecule has 7 aromatic carbocycles. The lowest BCUT2D eigenvalue weighted by atomic mass is 10.00. The Hall–Kier alpha value is -6.36. The van der Waals surface area contributed by atoms with E-state index >= 15 is 0 Å². The molecular weight excluding hydrogens is 629 g/mol. The molecule has 0 aliphatic rings. The van der Waals surface area contributed by atoms with Crippen LogP contribution < -0.4 is 0 Å². The largest absolute Gasteiger partial charge is 0.455 e. The summed E-state index contributed by atoms with van der Waals surface area (Å²) >= 11 is 1.85. The average Bonchev–Trinajstić information content (AvgIpc) is 3.77. The van der Waals surface area contributed by atoms with Crippen molar-refractivity contribution in [3.8, 4) is 56.2 Å². The summed E-state index contributed by atoms with van der Waals surface area (Å²) in [6.45, 7) is 0. The lowest BCUT2D eigenvalue weighted by Gasteiger charge is -2.10. The van der Waals surface area contributed by atoms with Crippen LogP contribution in [-0.2, 0) is 0 Å². The van der Waals surface area contributed by atoms with Crippen molar-refractivity contribution in [3.05, 3.63) is 170 Å². The van der Waals surface area contributed by atoms with Crippen molar-refractivity contribution >= 4 is 53.4 Å². The molecule has 0 amide bonds. The third-order valence-corrected chi connectivity index (χ3v) is 10.8. The molecule has 0 aliphatic carbocycles. The van der Waals surface area contributed by atoms with Crippen LogP contribution in [0, 0.1) is 0 Å². The molecule has 4 heteroatoms. The van der Waals surface area contributed by atoms with Crippen LogP contribution in [0.25, 0.3) is 98.3 Å². The minimum Gasteiger partial charge on any atom is -0.455 e. The molecule has 0 N–H and O–H groups in total. The second-order valence-corrected chi connectivity index (χ2v) is 13.6. The standard InChI is InChI=1S/C46H28N2OS/c1-3-11-29(12-4-1)30-21-23-32(24-22-30)41-28-40(31-13-5-2-6-14-31)47-46(48-41)38-19-10-17-36-39-27-33(25-26-42(39)49-44(36)38)34-16-9-18-37-35-15-7-8-20-43(35)50-45(34)37/h1-28H. The van der Waals surface area contributed by atoms with Gasteiger partial charge in [0.2, 0.25) is 0 Å². The van der Waals surface area contributed by atoms with Gasteiger partial charge < -0.3 is 4.42 Å². The first-order valence-electron chi connectivity index (χ1n) is 16.7. The second kappa shape index (κ2) is 11.7. The molecule has 0 unspecified atom stereocenters. The molecule has 0 saturated carbocycles. The van der Waals surface area contributed by atoms with Gasteiger partial charge in [-0.05, 0) is 52.6 Å². The number of furan rings is 1. The van der Waals surface area contributed by atoms with Gasteiger partial charge >= 0.3 is 0 Å². The number of thiophene rings is 1. The quantitative estimate of drug-likeness (QED) is 0.185. The fraction of sp³-hybridized carbons (Fsp3) is 0. The lowest BCUT2D eigenvalue weighted by Crippen LogP contribution is -1.96. The van der Waals surface area contributed by atoms with E-state index in [1.54, 1.807) is 0 Å². The first-order chi connectivity index (χ1) is 24.8. The minimum absolute atomic E-state index is 0.633. The molecule has 234 valence electrons. The molecule has 0 fully saturated rings. The van der Waals surface area contributed by atoms with Crippen LogP contribution in [0.3, 0.4) is 0 Å². The SMILES string of the molecule is c1ccc(-c2ccc(-c3cc(-c4ccccc4)nc(-c4cccc5c4oc4ccc(-c6cccc7c6sc6ccccc67)cc45)n3)cc2)cc1. The predicted octanol–water partition coefficient (Wildman–Crippen LogP) is 13.1. The smallest absolute Gasteiger partial charge is 0.164 e. The van der Waals surface area contributed by atoms with Crippen molar-refractivity contribution in [1.82, 2.24) is 9.97 Å². The fourth-order valence-corrected chi connectivity index (χ4v) is 8.29. The van der Waals surface area contributed by atoms with Gasteiger partial charge in [0.05, 0.1) is 17.0 Å². The number of nitrogens with zero attached hydrogens (tertiary/aromatic N) is 2. The first-order valence-corrected chi connectivity index (χ1v) is 17.6. The molecule has 10 rings (SSSR count). The van der Waals surface area contributed by atoms with Crippen LogP contribution in [0.2, 0.25) is 0 Å². The van der Waals surface area contributed by atoms with Gasteiger partial charge in [-0.1, -0.05) is 140 Å². The molecule has 0 radical (unpaired) electrons. The predicted molar refractivity (Wildman–Crippen MR) is 209 cm³/mol. The summed E-state index contributed by atoms with van der Waals surface area (Å²) in [6.07, 6.45) is 0. The normalized spacial score (nSPS) is 11.6. The molecule has 10 aromatic rings. The third-order valence-electron chi connectivity index (χ3n) is 9.54. The summed E-state index contributed by atoms with van der Waals surface area (Å²) in [7, 11) is 0. The maximum Gasteiger partial charge on any atom is 0.164 e. The molecular formula is C46H28N2OS. The van der Waals surface area contributed by atoms with Crippen LogP contribution >= 0.6 is 11.3 Å². The van der Waals surface area contributed by atoms with Gasteiger partial charge in [0, 0.05) is 42.1 Å². The Labute approximate surface area is 292 Å². The van der Waals surface area contributed by atoms with E-state index in [-0.39, 0.29) is 0 Å². The summed E-state index contributed by atoms with van der Waals surface area (Å²) in [6, 6.07) is 59.5. The highest BCUT2D eigenvalue weighted by Crippen LogP contribution is 2.42. The van der Waals surface area contributed by atoms with Gasteiger partial charge in [-0.2, -0.15) is 0 Å². The van der Waals surface area contributed by atoms with Gasteiger partial charge in [-0.15, -0.1) is 11.3 Å². The van der Waals surface area contributed by atoms with E-state index < -0.39 is 0 Å². The zero-order valence-electron chi connectivity index (χ0n) is 26.9. The summed E-state index contributed by atoms with van der Waals surface area (Å²) in [5.41, 5.74) is 11.1. The minimum atomic E-state index is 0.633. The molecule has 50 heavy (non-hydrogen) atoms. The highest BCUT2D eigenvalue weighted by molar-refractivity contribution is 7.26. The monoisotopic (exact) mass is 656 g/mol. The van der Waals surface area contributed by atoms with Crippen LogP contribution in [0.15, 0.2) is 174 Å². The van der Waals surface area contributed by atoms with Gasteiger partial charge in [-0.3, -0.25) is 0 Å². The Morgan fingerprint density at radius 3 is 1.76 bits per heavy atom. The Morgan fingerprint density at radius 1 is 0.400 bits per heavy atom. The first kappa shape index (κ1) is 28.6. The Bertz CT molecular complexity index is 2850. The molecule has 0 bridgehead atoms. The molecule has 0 aliphatic heterocycles. The number of hydrogen-bond donors (Lipinski definition) is 0. The lowest BCUT2D eigenvalue weighted by molar-refractivity contribution is 0.669. The van der Waals surface area contributed by atoms with Gasteiger partial charge in [0.25, 0.3) is 0 Å². The zero-order valence-corrected chi connectivity index (χ0v) is 27.7. The molecule has 3 aromatic heterocycles. The number of benzene rings is 7. The van der Waals surface area contributed by atoms with E-state index in [0.717, 1.165) is 50.0 Å². The second-order valence-electron chi connectivity index (χ2n) is 12.5. The molecule has 0 atom stereocenters. The summed E-state index contributed by atoms with van der Waals surface area (Å²) in [4.78, 5) is 10.3. The maximum atomic E-state index is 6.64. The van der Waals surface area contributed by atoms with E-state index in [1.165, 1.54) is 42.4 Å². The summed E-state index contributed by atoms with van der Waals surface area (Å²) < 4.78 is 9.25. The van der Waals surface area contributed by atoms with Crippen molar-refractivity contribution < 1.29 is 4.42 Å². The van der Waals surface area contributed by atoms with Crippen molar-refractivity contribution in [2.75, 3.05) is 0 Å². The number of aromatic nitrogens is 2. The van der Waals surface area contributed by atoms with Gasteiger partial charge in [0.1, 0.15) is 11.2 Å². The molecule has 3 heterocycles. The Balaban J connectivity index is 1.12. The fourth-order valence-electron chi connectivity index (χ4n) is 7.05. The summed E-state index contributed by atoms with van der Waals surface area (Å²) in [5.74, 6) is 0.633. The van der Waals surface area contributed by atoms with Gasteiger partial charge in [-0.25, -0.2) is 9.97 Å². The number of fused-ring (bicyclic) bond motifs is 6. The molecule has 0 spiro atoms. The maximum absolute atomic E-state index is 6.64. The summed E-state index contributed by atoms with van der Waals surface area (Å²) in [5, 5.41) is 4.72. The van der Waals surface area contributed by atoms with E-state index in [4.69, 9.17) is 14.4 Å². The van der Waals surface area contributed by atoms with Crippen LogP contribution in [-0.4, -0.2) is 9.97 Å². The highest BCUT2D eigenvalue weighted by Gasteiger charge is 2.18. The van der Waals surface area contributed by atoms with Crippen LogP contribution in [0.4, 0.5) is 0 Å². The Kier molecular flexibility index (Phi) is 6.68. The number of hydrogen-bond acceptors (Lipinski definition) is 4. The van der Waals surface area contributed by atoms with E-state index in [2.05, 4.69) is 146 Å². The van der Waals surface area contributed by atoms with E-state index in [0.29, 0.717) is 5.82 Å². The highest BCUT2D eigenvalue weighted by atomic mass is 32.1. The van der Waals surface area contributed by atoms with Crippen molar-refractivity contribution in [2.45, 2.75) is 0 Å². The van der Waals surface area contributed by atoms with E-state index in [9.17, 15) is 0 Å². The zero-order chi connectivity index (χ0) is 33.0.